The lowest BCUT2D eigenvalue weighted by molar-refractivity contribution is 0.438. The van der Waals surface area contributed by atoms with Gasteiger partial charge < -0.3 is 10.2 Å². The molecular formula is C25H27N5S. The highest BCUT2D eigenvalue weighted by Gasteiger charge is 2.18. The Morgan fingerprint density at radius 2 is 1.71 bits per heavy atom. The Bertz CT molecular complexity index is 1080. The van der Waals surface area contributed by atoms with Crippen LogP contribution in [-0.4, -0.2) is 29.3 Å². The van der Waals surface area contributed by atoms with Gasteiger partial charge in [-0.15, -0.1) is 0 Å². The first-order chi connectivity index (χ1) is 15.1. The highest BCUT2D eigenvalue weighted by molar-refractivity contribution is 7.98. The van der Waals surface area contributed by atoms with Gasteiger partial charge in [-0.2, -0.15) is 5.26 Å². The molecule has 158 valence electrons. The van der Waals surface area contributed by atoms with Crippen LogP contribution in [0.2, 0.25) is 0 Å². The summed E-state index contributed by atoms with van der Waals surface area (Å²) in [6.45, 7) is 6.58. The number of hydrogen-bond donors (Lipinski definition) is 1. The van der Waals surface area contributed by atoms with Crippen molar-refractivity contribution in [3.05, 3.63) is 59.7 Å². The predicted octanol–water partition coefficient (Wildman–Crippen LogP) is 6.03. The molecule has 0 aliphatic carbocycles. The maximum absolute atomic E-state index is 9.91. The van der Waals surface area contributed by atoms with Crippen LogP contribution in [0.4, 0.5) is 17.2 Å². The van der Waals surface area contributed by atoms with Gasteiger partial charge in [0.05, 0.1) is 5.69 Å². The summed E-state index contributed by atoms with van der Waals surface area (Å²) in [4.78, 5) is 11.7. The normalized spacial score (nSPS) is 14.3. The number of rotatable bonds is 5. The Morgan fingerprint density at radius 3 is 2.32 bits per heavy atom. The first kappa shape index (κ1) is 21.2. The minimum Gasteiger partial charge on any atom is -0.372 e. The molecule has 0 atom stereocenters. The van der Waals surface area contributed by atoms with Crippen molar-refractivity contribution in [2.45, 2.75) is 31.8 Å². The van der Waals surface area contributed by atoms with E-state index in [0.29, 0.717) is 22.2 Å². The smallest absolute Gasteiger partial charge is 0.189 e. The monoisotopic (exact) mass is 429 g/mol. The van der Waals surface area contributed by atoms with E-state index in [1.54, 1.807) is 0 Å². The Balaban J connectivity index is 1.62. The molecule has 31 heavy (non-hydrogen) atoms. The van der Waals surface area contributed by atoms with Gasteiger partial charge in [0.1, 0.15) is 11.6 Å². The molecule has 2 aromatic carbocycles. The minimum atomic E-state index is 0.454. The Labute approximate surface area is 188 Å². The van der Waals surface area contributed by atoms with Crippen molar-refractivity contribution >= 4 is 29.0 Å². The fraction of sp³-hybridized carbons (Fsp3) is 0.320. The molecule has 0 unspecified atom stereocenters. The molecule has 4 rings (SSSR count). The number of nitrogens with one attached hydrogen (secondary N) is 1. The molecule has 0 radical (unpaired) electrons. The number of aromatic nitrogens is 2. The highest BCUT2D eigenvalue weighted by Crippen LogP contribution is 2.31. The third-order valence-electron chi connectivity index (χ3n) is 5.79. The van der Waals surface area contributed by atoms with Crippen molar-refractivity contribution in [3.8, 4) is 17.3 Å². The second kappa shape index (κ2) is 9.40. The molecule has 5 nitrogen and oxygen atoms in total. The summed E-state index contributed by atoms with van der Waals surface area (Å²) in [5.74, 6) is 1.35. The molecule has 2 heterocycles. The van der Waals surface area contributed by atoms with Crippen molar-refractivity contribution < 1.29 is 0 Å². The third-order valence-corrected chi connectivity index (χ3v) is 6.33. The summed E-state index contributed by atoms with van der Waals surface area (Å²) in [7, 11) is 0. The van der Waals surface area contributed by atoms with Gasteiger partial charge >= 0.3 is 0 Å². The quantitative estimate of drug-likeness (QED) is 0.395. The molecule has 0 saturated carbocycles. The summed E-state index contributed by atoms with van der Waals surface area (Å²) in [5, 5.41) is 13.9. The summed E-state index contributed by atoms with van der Waals surface area (Å²) in [6.07, 6.45) is 4.43. The van der Waals surface area contributed by atoms with E-state index in [4.69, 9.17) is 0 Å². The second-order valence-electron chi connectivity index (χ2n) is 8.10. The summed E-state index contributed by atoms with van der Waals surface area (Å²) in [5.41, 5.74) is 5.34. The Kier molecular flexibility index (Phi) is 6.43. The number of aryl methyl sites for hydroxylation is 1. The molecule has 0 spiro atoms. The van der Waals surface area contributed by atoms with Crippen molar-refractivity contribution in [1.29, 1.82) is 5.26 Å². The van der Waals surface area contributed by atoms with Crippen LogP contribution in [-0.2, 0) is 0 Å². The standard InChI is InChI=1S/C25H27N5S/c1-17-4-6-19(7-5-17)23-22(16-26)24(29-25(28-23)31-3)27-20-8-10-21(11-9-20)30-14-12-18(2)13-15-30/h4-11,18H,12-15H2,1-3H3,(H,27,28,29). The molecule has 1 N–H and O–H groups in total. The van der Waals surface area contributed by atoms with E-state index in [1.165, 1.54) is 35.9 Å². The molecule has 0 amide bonds. The van der Waals surface area contributed by atoms with Crippen molar-refractivity contribution in [3.63, 3.8) is 0 Å². The molecular weight excluding hydrogens is 402 g/mol. The van der Waals surface area contributed by atoms with Crippen LogP contribution >= 0.6 is 11.8 Å². The number of hydrogen-bond acceptors (Lipinski definition) is 6. The summed E-state index contributed by atoms with van der Waals surface area (Å²) >= 11 is 1.47. The maximum Gasteiger partial charge on any atom is 0.189 e. The van der Waals surface area contributed by atoms with E-state index in [9.17, 15) is 5.26 Å². The zero-order valence-electron chi connectivity index (χ0n) is 18.2. The zero-order chi connectivity index (χ0) is 21.8. The van der Waals surface area contributed by atoms with Crippen LogP contribution in [0.3, 0.4) is 0 Å². The van der Waals surface area contributed by atoms with Crippen LogP contribution in [0.1, 0.15) is 30.9 Å². The fourth-order valence-corrected chi connectivity index (χ4v) is 4.17. The van der Waals surface area contributed by atoms with Gasteiger partial charge in [-0.1, -0.05) is 48.5 Å². The molecule has 3 aromatic rings. The SMILES string of the molecule is CSc1nc(Nc2ccc(N3CCC(C)CC3)cc2)c(C#N)c(-c2ccc(C)cc2)n1. The lowest BCUT2D eigenvalue weighted by atomic mass is 9.99. The van der Waals surface area contributed by atoms with Gasteiger partial charge in [0.2, 0.25) is 0 Å². The van der Waals surface area contributed by atoms with Gasteiger partial charge in [-0.3, -0.25) is 0 Å². The molecule has 6 heteroatoms. The summed E-state index contributed by atoms with van der Waals surface area (Å²) < 4.78 is 0. The molecule has 1 aliphatic rings. The number of piperidine rings is 1. The van der Waals surface area contributed by atoms with Crippen LogP contribution in [0, 0.1) is 24.2 Å². The summed E-state index contributed by atoms with van der Waals surface area (Å²) in [6, 6.07) is 18.8. The number of benzene rings is 2. The van der Waals surface area contributed by atoms with Crippen molar-refractivity contribution in [1.82, 2.24) is 9.97 Å². The minimum absolute atomic E-state index is 0.454. The molecule has 1 aromatic heterocycles. The van der Waals surface area contributed by atoms with Crippen LogP contribution in [0.15, 0.2) is 53.7 Å². The van der Waals surface area contributed by atoms with Gasteiger partial charge in [-0.25, -0.2) is 9.97 Å². The van der Waals surface area contributed by atoms with Crippen LogP contribution in [0.5, 0.6) is 0 Å². The largest absolute Gasteiger partial charge is 0.372 e. The van der Waals surface area contributed by atoms with Gasteiger partial charge in [-0.05, 0) is 56.2 Å². The van der Waals surface area contributed by atoms with E-state index in [0.717, 1.165) is 30.3 Å². The molecule has 1 aliphatic heterocycles. The Hall–Kier alpha value is -3.04. The van der Waals surface area contributed by atoms with Gasteiger partial charge in [0, 0.05) is 30.0 Å². The van der Waals surface area contributed by atoms with Crippen LogP contribution in [0.25, 0.3) is 11.3 Å². The van der Waals surface area contributed by atoms with Gasteiger partial charge in [0.15, 0.2) is 11.0 Å². The van der Waals surface area contributed by atoms with E-state index >= 15 is 0 Å². The second-order valence-corrected chi connectivity index (χ2v) is 8.88. The number of nitriles is 1. The van der Waals surface area contributed by atoms with Crippen molar-refractivity contribution in [2.24, 2.45) is 5.92 Å². The molecule has 1 saturated heterocycles. The Morgan fingerprint density at radius 1 is 1.03 bits per heavy atom. The van der Waals surface area contributed by atoms with Crippen LogP contribution < -0.4 is 10.2 Å². The van der Waals surface area contributed by atoms with E-state index in [2.05, 4.69) is 57.4 Å². The molecule has 1 fully saturated rings. The lowest BCUT2D eigenvalue weighted by Gasteiger charge is -2.32. The number of thioether (sulfide) groups is 1. The topological polar surface area (TPSA) is 64.8 Å². The first-order valence-electron chi connectivity index (χ1n) is 10.6. The average molecular weight is 430 g/mol. The zero-order valence-corrected chi connectivity index (χ0v) is 19.0. The third kappa shape index (κ3) is 4.83. The van der Waals surface area contributed by atoms with E-state index in [-0.39, 0.29) is 0 Å². The number of nitrogens with zero attached hydrogens (tertiary/aromatic N) is 4. The predicted molar refractivity (Wildman–Crippen MR) is 129 cm³/mol. The number of anilines is 3. The first-order valence-corrected chi connectivity index (χ1v) is 11.8. The highest BCUT2D eigenvalue weighted by atomic mass is 32.2. The average Bonchev–Trinajstić information content (AvgIpc) is 2.80. The van der Waals surface area contributed by atoms with Crippen molar-refractivity contribution in [2.75, 3.05) is 29.6 Å². The van der Waals surface area contributed by atoms with E-state index < -0.39 is 0 Å². The maximum atomic E-state index is 9.91. The van der Waals surface area contributed by atoms with Gasteiger partial charge in [0.25, 0.3) is 0 Å². The fourth-order valence-electron chi connectivity index (χ4n) is 3.81. The van der Waals surface area contributed by atoms with E-state index in [1.807, 2.05) is 37.4 Å². The molecule has 0 bridgehead atoms. The lowest BCUT2D eigenvalue weighted by Crippen LogP contribution is -2.32.